The van der Waals surface area contributed by atoms with Gasteiger partial charge < -0.3 is 9.73 Å². The van der Waals surface area contributed by atoms with Gasteiger partial charge in [-0.1, -0.05) is 35.9 Å². The van der Waals surface area contributed by atoms with Gasteiger partial charge in [-0.3, -0.25) is 4.79 Å². The van der Waals surface area contributed by atoms with E-state index in [1.807, 2.05) is 32.0 Å². The molecule has 0 aliphatic heterocycles. The molecule has 3 aromatic rings. The Kier molecular flexibility index (Phi) is 5.58. The first-order chi connectivity index (χ1) is 13.2. The van der Waals surface area contributed by atoms with Crippen molar-refractivity contribution in [3.8, 4) is 11.3 Å². The summed E-state index contributed by atoms with van der Waals surface area (Å²) in [6.45, 7) is 3.89. The van der Waals surface area contributed by atoms with Gasteiger partial charge in [-0.2, -0.15) is 13.2 Å². The van der Waals surface area contributed by atoms with E-state index in [-0.39, 0.29) is 23.7 Å². The predicted molar refractivity (Wildman–Crippen MR) is 102 cm³/mol. The van der Waals surface area contributed by atoms with Crippen LogP contribution in [-0.2, 0) is 17.4 Å². The average Bonchev–Trinajstić information content (AvgIpc) is 3.11. The Morgan fingerprint density at radius 1 is 1.04 bits per heavy atom. The van der Waals surface area contributed by atoms with Gasteiger partial charge in [0.05, 0.1) is 5.56 Å². The van der Waals surface area contributed by atoms with E-state index in [1.165, 1.54) is 24.3 Å². The first-order valence-electron chi connectivity index (χ1n) is 8.86. The molecule has 1 amide bonds. The highest BCUT2D eigenvalue weighted by atomic mass is 19.4. The number of nitrogens with one attached hydrogen (secondary N) is 1. The summed E-state index contributed by atoms with van der Waals surface area (Å²) in [4.78, 5) is 12.2. The number of rotatable bonds is 5. The van der Waals surface area contributed by atoms with Crippen molar-refractivity contribution in [3.05, 3.63) is 77.0 Å². The normalized spacial score (nSPS) is 11.5. The SMILES string of the molecule is Cc1ccc(NC(=O)CCc2ccc(-c3ccccc3C(F)(F)F)o2)c(C)c1. The molecule has 0 bridgehead atoms. The van der Waals surface area contributed by atoms with Crippen molar-refractivity contribution in [1.82, 2.24) is 0 Å². The molecule has 0 saturated heterocycles. The molecule has 1 N–H and O–H groups in total. The zero-order valence-electron chi connectivity index (χ0n) is 15.6. The van der Waals surface area contributed by atoms with Gasteiger partial charge in [0.2, 0.25) is 5.91 Å². The molecule has 28 heavy (non-hydrogen) atoms. The van der Waals surface area contributed by atoms with Gasteiger partial charge in [-0.05, 0) is 43.7 Å². The van der Waals surface area contributed by atoms with Crippen molar-refractivity contribution in [1.29, 1.82) is 0 Å². The summed E-state index contributed by atoms with van der Waals surface area (Å²) in [6.07, 6.45) is -4.00. The standard InChI is InChI=1S/C22H20F3NO2/c1-14-7-10-19(15(2)13-14)26-21(27)12-9-16-8-11-20(28-16)17-5-3-4-6-18(17)22(23,24)25/h3-8,10-11,13H,9,12H2,1-2H3,(H,26,27). The van der Waals surface area contributed by atoms with Crippen molar-refractivity contribution in [2.24, 2.45) is 0 Å². The van der Waals surface area contributed by atoms with Crippen LogP contribution in [-0.4, -0.2) is 5.91 Å². The maximum atomic E-state index is 13.2. The molecule has 0 aliphatic carbocycles. The van der Waals surface area contributed by atoms with Crippen LogP contribution in [0.25, 0.3) is 11.3 Å². The van der Waals surface area contributed by atoms with Crippen LogP contribution in [0.1, 0.15) is 28.9 Å². The highest BCUT2D eigenvalue weighted by Crippen LogP contribution is 2.37. The Morgan fingerprint density at radius 3 is 2.50 bits per heavy atom. The molecule has 0 saturated carbocycles. The van der Waals surface area contributed by atoms with Gasteiger partial charge in [0.1, 0.15) is 11.5 Å². The molecule has 0 unspecified atom stereocenters. The average molecular weight is 387 g/mol. The lowest BCUT2D eigenvalue weighted by Gasteiger charge is -2.10. The topological polar surface area (TPSA) is 42.2 Å². The lowest BCUT2D eigenvalue weighted by Crippen LogP contribution is -2.13. The van der Waals surface area contributed by atoms with E-state index >= 15 is 0 Å². The number of halogens is 3. The summed E-state index contributed by atoms with van der Waals surface area (Å²) < 4.78 is 45.1. The summed E-state index contributed by atoms with van der Waals surface area (Å²) >= 11 is 0. The Morgan fingerprint density at radius 2 is 1.79 bits per heavy atom. The predicted octanol–water partition coefficient (Wildman–Crippen LogP) is 6.15. The number of alkyl halides is 3. The van der Waals surface area contributed by atoms with Crippen molar-refractivity contribution in [2.45, 2.75) is 32.9 Å². The first kappa shape index (κ1) is 19.7. The van der Waals surface area contributed by atoms with Crippen LogP contribution in [0, 0.1) is 13.8 Å². The molecule has 0 spiro atoms. The van der Waals surface area contributed by atoms with Crippen LogP contribution in [0.2, 0.25) is 0 Å². The molecule has 3 rings (SSSR count). The lowest BCUT2D eigenvalue weighted by atomic mass is 10.1. The van der Waals surface area contributed by atoms with Crippen LogP contribution >= 0.6 is 0 Å². The summed E-state index contributed by atoms with van der Waals surface area (Å²) in [5.74, 6) is 0.418. The molecule has 3 nitrogen and oxygen atoms in total. The van der Waals surface area contributed by atoms with E-state index in [2.05, 4.69) is 5.32 Å². The second-order valence-corrected chi connectivity index (χ2v) is 6.68. The lowest BCUT2D eigenvalue weighted by molar-refractivity contribution is -0.137. The highest BCUT2D eigenvalue weighted by molar-refractivity contribution is 5.91. The first-order valence-corrected chi connectivity index (χ1v) is 8.86. The van der Waals surface area contributed by atoms with Crippen LogP contribution in [0.4, 0.5) is 18.9 Å². The summed E-state index contributed by atoms with van der Waals surface area (Å²) in [5, 5.41) is 2.85. The number of anilines is 1. The van der Waals surface area contributed by atoms with Crippen LogP contribution < -0.4 is 5.32 Å². The minimum atomic E-state index is -4.46. The zero-order valence-corrected chi connectivity index (χ0v) is 15.6. The van der Waals surface area contributed by atoms with Crippen molar-refractivity contribution in [3.63, 3.8) is 0 Å². The van der Waals surface area contributed by atoms with E-state index in [1.54, 1.807) is 6.07 Å². The number of hydrogen-bond acceptors (Lipinski definition) is 2. The van der Waals surface area contributed by atoms with Crippen molar-refractivity contribution < 1.29 is 22.4 Å². The monoisotopic (exact) mass is 387 g/mol. The van der Waals surface area contributed by atoms with Crippen molar-refractivity contribution >= 4 is 11.6 Å². The maximum absolute atomic E-state index is 13.2. The number of aryl methyl sites for hydroxylation is 3. The number of benzene rings is 2. The molecule has 146 valence electrons. The molecular weight excluding hydrogens is 367 g/mol. The smallest absolute Gasteiger partial charge is 0.417 e. The number of carbonyl (C=O) groups excluding carboxylic acids is 1. The minimum Gasteiger partial charge on any atom is -0.461 e. The highest BCUT2D eigenvalue weighted by Gasteiger charge is 2.34. The van der Waals surface area contributed by atoms with Crippen LogP contribution in [0.5, 0.6) is 0 Å². The van der Waals surface area contributed by atoms with E-state index in [9.17, 15) is 18.0 Å². The number of amides is 1. The molecule has 2 aromatic carbocycles. The summed E-state index contributed by atoms with van der Waals surface area (Å²) in [5.41, 5.74) is 2.06. The third-order valence-electron chi connectivity index (χ3n) is 4.41. The van der Waals surface area contributed by atoms with Gasteiger partial charge in [-0.25, -0.2) is 0 Å². The molecular formula is C22H20F3NO2. The summed E-state index contributed by atoms with van der Waals surface area (Å²) in [7, 11) is 0. The van der Waals surface area contributed by atoms with Gasteiger partial charge >= 0.3 is 6.18 Å². The Bertz CT molecular complexity index is 989. The molecule has 6 heteroatoms. The maximum Gasteiger partial charge on any atom is 0.417 e. The molecule has 0 atom stereocenters. The van der Waals surface area contributed by atoms with Gasteiger partial charge in [0.15, 0.2) is 0 Å². The second kappa shape index (κ2) is 7.92. The Balaban J connectivity index is 1.66. The fourth-order valence-electron chi connectivity index (χ4n) is 3.01. The van der Waals surface area contributed by atoms with Gasteiger partial charge in [0, 0.05) is 24.1 Å². The second-order valence-electron chi connectivity index (χ2n) is 6.68. The number of hydrogen-bond donors (Lipinski definition) is 1. The molecule has 1 heterocycles. The number of furan rings is 1. The zero-order chi connectivity index (χ0) is 20.3. The van der Waals surface area contributed by atoms with Gasteiger partial charge in [-0.15, -0.1) is 0 Å². The van der Waals surface area contributed by atoms with E-state index < -0.39 is 11.7 Å². The van der Waals surface area contributed by atoms with Gasteiger partial charge in [0.25, 0.3) is 0 Å². The molecule has 0 aliphatic rings. The third kappa shape index (κ3) is 4.63. The van der Waals surface area contributed by atoms with E-state index in [0.29, 0.717) is 12.2 Å². The third-order valence-corrected chi connectivity index (χ3v) is 4.41. The fourth-order valence-corrected chi connectivity index (χ4v) is 3.01. The fraction of sp³-hybridized carbons (Fsp3) is 0.227. The minimum absolute atomic E-state index is 0.0130. The quantitative estimate of drug-likeness (QED) is 0.570. The number of carbonyl (C=O) groups is 1. The molecule has 1 aromatic heterocycles. The Hall–Kier alpha value is -3.02. The Labute approximate surface area is 161 Å². The summed E-state index contributed by atoms with van der Waals surface area (Å²) in [6, 6.07) is 14.1. The van der Waals surface area contributed by atoms with Crippen molar-refractivity contribution in [2.75, 3.05) is 5.32 Å². The van der Waals surface area contributed by atoms with E-state index in [4.69, 9.17) is 4.42 Å². The molecule has 0 fully saturated rings. The van der Waals surface area contributed by atoms with Crippen LogP contribution in [0.3, 0.4) is 0 Å². The largest absolute Gasteiger partial charge is 0.461 e. The van der Waals surface area contributed by atoms with Crippen LogP contribution in [0.15, 0.2) is 59.0 Å². The van der Waals surface area contributed by atoms with E-state index in [0.717, 1.165) is 22.9 Å². The molecule has 0 radical (unpaired) electrons.